The normalized spacial score (nSPS) is 12.0. The van der Waals surface area contributed by atoms with E-state index >= 15 is 0 Å². The fourth-order valence-electron chi connectivity index (χ4n) is 2.10. The number of aliphatic carboxylic acids is 2. The maximum absolute atomic E-state index is 11.8. The molecule has 1 aromatic heterocycles. The summed E-state index contributed by atoms with van der Waals surface area (Å²) in [4.78, 5) is 41.2. The number of guanidine groups is 1. The third kappa shape index (κ3) is 13.7. The van der Waals surface area contributed by atoms with Crippen molar-refractivity contribution < 1.29 is 29.1 Å². The van der Waals surface area contributed by atoms with E-state index in [0.717, 1.165) is 6.54 Å². The summed E-state index contributed by atoms with van der Waals surface area (Å²) in [5, 5.41) is 25.9. The summed E-state index contributed by atoms with van der Waals surface area (Å²) in [7, 11) is 0. The van der Waals surface area contributed by atoms with E-state index in [1.54, 1.807) is 0 Å². The van der Waals surface area contributed by atoms with Crippen LogP contribution in [0.25, 0.3) is 0 Å². The number of rotatable bonds is 13. The fraction of sp³-hybridized carbons (Fsp3) is 0.647. The predicted octanol–water partition coefficient (Wildman–Crippen LogP) is -1.40. The van der Waals surface area contributed by atoms with E-state index in [0.29, 0.717) is 6.42 Å². The lowest BCUT2D eigenvalue weighted by molar-refractivity contribution is -0.139. The zero-order valence-electron chi connectivity index (χ0n) is 18.0. The van der Waals surface area contributed by atoms with Crippen LogP contribution in [0.5, 0.6) is 0 Å². The molecule has 0 bridgehead atoms. The Kier molecular flexibility index (Phi) is 14.5. The summed E-state index contributed by atoms with van der Waals surface area (Å²) in [5.41, 5.74) is 21.1. The van der Waals surface area contributed by atoms with Crippen LogP contribution in [0, 0.1) is 0 Å². The zero-order valence-corrected chi connectivity index (χ0v) is 18.0. The Balaban J connectivity index is 0.00000172. The molecule has 2 amide bonds. The third-order valence-corrected chi connectivity index (χ3v) is 3.72. The van der Waals surface area contributed by atoms with Crippen molar-refractivity contribution in [3.63, 3.8) is 0 Å². The summed E-state index contributed by atoms with van der Waals surface area (Å²) in [6.45, 7) is 3.01. The van der Waals surface area contributed by atoms with Crippen LogP contribution in [-0.2, 0) is 16.1 Å². The molecule has 0 aromatic carbocycles. The van der Waals surface area contributed by atoms with Crippen molar-refractivity contribution in [1.29, 1.82) is 0 Å². The van der Waals surface area contributed by atoms with Gasteiger partial charge in [-0.3, -0.25) is 9.79 Å². The highest BCUT2D eigenvalue weighted by Gasteiger charge is 2.20. The predicted molar refractivity (Wildman–Crippen MR) is 114 cm³/mol. The number of carboxylic acids is 2. The minimum atomic E-state index is -1.21. The Bertz CT molecular complexity index is 734. The molecule has 1 rings (SSSR count). The number of amides is 2. The van der Waals surface area contributed by atoms with Crippen molar-refractivity contribution in [1.82, 2.24) is 20.8 Å². The maximum atomic E-state index is 11.8. The topological polar surface area (TPSA) is 271 Å². The second kappa shape index (κ2) is 16.3. The number of nitrogens with two attached hydrogens (primary N) is 4. The van der Waals surface area contributed by atoms with Crippen molar-refractivity contribution in [3.8, 4) is 0 Å². The third-order valence-electron chi connectivity index (χ3n) is 3.72. The van der Waals surface area contributed by atoms with Crippen LogP contribution in [0.3, 0.4) is 0 Å². The lowest BCUT2D eigenvalue weighted by atomic mass is 10.1. The van der Waals surface area contributed by atoms with Gasteiger partial charge >= 0.3 is 18.0 Å². The molecule has 0 radical (unpaired) electrons. The first-order valence-corrected chi connectivity index (χ1v) is 9.93. The summed E-state index contributed by atoms with van der Waals surface area (Å²) < 4.78 is 4.84. The second-order valence-electron chi connectivity index (χ2n) is 6.56. The number of unbranched alkanes of at least 4 members (excludes halogenated alkanes) is 1. The van der Waals surface area contributed by atoms with Gasteiger partial charge in [-0.05, 0) is 25.8 Å². The molecular weight excluding hydrogens is 426 g/mol. The SMILES string of the molecule is CCCCN.NC(N)=NCCCC(NC(=O)NCc1nc([C@@H](N)CC(=O)O)no1)C(=O)O. The molecule has 0 aliphatic carbocycles. The van der Waals surface area contributed by atoms with Crippen molar-refractivity contribution in [2.75, 3.05) is 13.1 Å². The van der Waals surface area contributed by atoms with Gasteiger partial charge < -0.3 is 48.3 Å². The average Bonchev–Trinajstić information content (AvgIpc) is 3.18. The van der Waals surface area contributed by atoms with Gasteiger partial charge in [-0.25, -0.2) is 9.59 Å². The Hall–Kier alpha value is -3.46. The number of hydrogen-bond acceptors (Lipinski definition) is 9. The number of aromatic nitrogens is 2. The lowest BCUT2D eigenvalue weighted by Crippen LogP contribution is -2.45. The molecule has 1 unspecified atom stereocenters. The van der Waals surface area contributed by atoms with Gasteiger partial charge in [0.1, 0.15) is 6.04 Å². The maximum Gasteiger partial charge on any atom is 0.326 e. The van der Waals surface area contributed by atoms with Gasteiger partial charge in [0.05, 0.1) is 19.0 Å². The average molecular weight is 460 g/mol. The van der Waals surface area contributed by atoms with Gasteiger partial charge in [0.2, 0.25) is 5.89 Å². The van der Waals surface area contributed by atoms with E-state index in [1.165, 1.54) is 12.8 Å². The minimum Gasteiger partial charge on any atom is -0.481 e. The Morgan fingerprint density at radius 1 is 1.22 bits per heavy atom. The van der Waals surface area contributed by atoms with Crippen LogP contribution in [0.15, 0.2) is 9.52 Å². The van der Waals surface area contributed by atoms with Crippen LogP contribution >= 0.6 is 0 Å². The van der Waals surface area contributed by atoms with Crippen molar-refractivity contribution >= 4 is 23.9 Å². The van der Waals surface area contributed by atoms with Crippen LogP contribution < -0.4 is 33.6 Å². The number of urea groups is 1. The summed E-state index contributed by atoms with van der Waals surface area (Å²) in [5.74, 6) is -2.46. The number of carbonyl (C=O) groups excluding carboxylic acids is 1. The number of hydrogen-bond donors (Lipinski definition) is 8. The first kappa shape index (κ1) is 28.5. The number of carbonyl (C=O) groups is 3. The van der Waals surface area contributed by atoms with Crippen LogP contribution in [0.4, 0.5) is 4.79 Å². The number of nitrogens with zero attached hydrogens (tertiary/aromatic N) is 3. The Labute approximate surface area is 185 Å². The van der Waals surface area contributed by atoms with Crippen LogP contribution in [-0.4, -0.2) is 63.4 Å². The van der Waals surface area contributed by atoms with Crippen LogP contribution in [0.2, 0.25) is 0 Å². The van der Waals surface area contributed by atoms with E-state index < -0.39 is 30.1 Å². The monoisotopic (exact) mass is 459 g/mol. The van der Waals surface area contributed by atoms with Crippen molar-refractivity contribution in [2.45, 2.75) is 57.7 Å². The molecule has 2 atom stereocenters. The largest absolute Gasteiger partial charge is 0.481 e. The highest BCUT2D eigenvalue weighted by molar-refractivity contribution is 5.82. The first-order chi connectivity index (χ1) is 15.1. The molecule has 1 aromatic rings. The molecule has 0 spiro atoms. The van der Waals surface area contributed by atoms with E-state index in [2.05, 4.69) is 32.7 Å². The summed E-state index contributed by atoms with van der Waals surface area (Å²) in [6, 6.07) is -2.85. The van der Waals surface area contributed by atoms with Gasteiger partial charge in [0, 0.05) is 6.54 Å². The number of nitrogens with one attached hydrogen (secondary N) is 2. The van der Waals surface area contributed by atoms with Gasteiger partial charge in [0.15, 0.2) is 11.8 Å². The zero-order chi connectivity index (χ0) is 24.5. The van der Waals surface area contributed by atoms with E-state index in [-0.39, 0.29) is 43.6 Å². The van der Waals surface area contributed by atoms with Gasteiger partial charge in [-0.1, -0.05) is 18.5 Å². The molecule has 0 saturated carbocycles. The Morgan fingerprint density at radius 3 is 2.41 bits per heavy atom. The molecule has 15 nitrogen and oxygen atoms in total. The first-order valence-electron chi connectivity index (χ1n) is 9.93. The highest BCUT2D eigenvalue weighted by atomic mass is 16.5. The standard InChI is InChI=1S/C13H22N8O6.C4H11N/c14-6(4-9(22)23)10-20-8(27-21-10)5-18-13(26)19-7(11(24)25)2-1-3-17-12(15)16;1-2-3-4-5/h6-7H,1-5,14H2,(H,22,23)(H,24,25)(H4,15,16,17)(H2,18,19,26);2-5H2,1H3/t6-,7?;/m0./s1. The summed E-state index contributed by atoms with van der Waals surface area (Å²) >= 11 is 0. The molecule has 1 heterocycles. The molecule has 15 heteroatoms. The van der Waals surface area contributed by atoms with Crippen LogP contribution in [0.1, 0.15) is 56.8 Å². The lowest BCUT2D eigenvalue weighted by Gasteiger charge is -2.14. The molecular formula is C17H33N9O6. The van der Waals surface area contributed by atoms with Crippen molar-refractivity contribution in [3.05, 3.63) is 11.7 Å². The molecule has 0 fully saturated rings. The molecule has 0 saturated heterocycles. The van der Waals surface area contributed by atoms with Gasteiger partial charge in [-0.15, -0.1) is 0 Å². The molecule has 12 N–H and O–H groups in total. The quantitative estimate of drug-likeness (QED) is 0.0960. The highest BCUT2D eigenvalue weighted by Crippen LogP contribution is 2.10. The number of carboxylic acid groups (broad SMARTS) is 2. The van der Waals surface area contributed by atoms with Crippen molar-refractivity contribution in [2.24, 2.45) is 27.9 Å². The van der Waals surface area contributed by atoms with Gasteiger partial charge in [0.25, 0.3) is 0 Å². The van der Waals surface area contributed by atoms with E-state index in [1.807, 2.05) is 0 Å². The molecule has 32 heavy (non-hydrogen) atoms. The smallest absolute Gasteiger partial charge is 0.326 e. The summed E-state index contributed by atoms with van der Waals surface area (Å²) in [6.07, 6.45) is 2.47. The minimum absolute atomic E-state index is 0.0133. The second-order valence-corrected chi connectivity index (χ2v) is 6.56. The van der Waals surface area contributed by atoms with E-state index in [4.69, 9.17) is 37.7 Å². The van der Waals surface area contributed by atoms with E-state index in [9.17, 15) is 14.4 Å². The number of aliphatic imine (C=N–C) groups is 1. The molecule has 182 valence electrons. The Morgan fingerprint density at radius 2 is 1.91 bits per heavy atom. The molecule has 0 aliphatic heterocycles. The molecule has 0 aliphatic rings. The fourth-order valence-corrected chi connectivity index (χ4v) is 2.10. The van der Waals surface area contributed by atoms with Gasteiger partial charge in [-0.2, -0.15) is 4.98 Å².